The molecule has 33 heavy (non-hydrogen) atoms. The number of nitrogens with zero attached hydrogens (tertiary/aromatic N) is 2. The summed E-state index contributed by atoms with van der Waals surface area (Å²) in [5.41, 5.74) is 6.23. The molecule has 1 unspecified atom stereocenters. The first-order valence-corrected chi connectivity index (χ1v) is 9.87. The maximum Gasteiger partial charge on any atom is 0.355 e. The second-order valence-corrected chi connectivity index (χ2v) is 7.19. The van der Waals surface area contributed by atoms with Crippen molar-refractivity contribution in [1.82, 2.24) is 0 Å². The number of carbonyl (C=O) groups excluding carboxylic acids is 2. The van der Waals surface area contributed by atoms with Gasteiger partial charge >= 0.3 is 11.9 Å². The fourth-order valence-electron chi connectivity index (χ4n) is 3.65. The molecule has 0 radical (unpaired) electrons. The van der Waals surface area contributed by atoms with Crippen molar-refractivity contribution in [3.63, 3.8) is 0 Å². The van der Waals surface area contributed by atoms with Gasteiger partial charge in [-0.2, -0.15) is 5.26 Å². The second kappa shape index (κ2) is 9.63. The van der Waals surface area contributed by atoms with E-state index in [1.165, 1.54) is 13.2 Å². The predicted octanol–water partition coefficient (Wildman–Crippen LogP) is 3.39. The number of ether oxygens (including phenoxy) is 3. The Bertz CT molecular complexity index is 1200. The largest absolute Gasteiger partial charge is 0.492 e. The van der Waals surface area contributed by atoms with Gasteiger partial charge in [-0.25, -0.2) is 14.0 Å². The molecule has 0 saturated carbocycles. The first kappa shape index (κ1) is 23.6. The molecule has 0 spiro atoms. The summed E-state index contributed by atoms with van der Waals surface area (Å²) in [4.78, 5) is 26.9. The molecule has 0 saturated heterocycles. The van der Waals surface area contributed by atoms with Gasteiger partial charge in [-0.3, -0.25) is 4.90 Å². The summed E-state index contributed by atoms with van der Waals surface area (Å²) < 4.78 is 29.5. The lowest BCUT2D eigenvalue weighted by Crippen LogP contribution is -2.40. The van der Waals surface area contributed by atoms with Gasteiger partial charge < -0.3 is 19.9 Å². The zero-order valence-electron chi connectivity index (χ0n) is 17.9. The van der Waals surface area contributed by atoms with E-state index in [9.17, 15) is 19.2 Å². The van der Waals surface area contributed by atoms with E-state index < -0.39 is 23.7 Å². The molecule has 2 aromatic carbocycles. The molecule has 3 rings (SSSR count). The van der Waals surface area contributed by atoms with E-state index in [0.717, 1.165) is 25.2 Å². The Morgan fingerprint density at radius 1 is 1.12 bits per heavy atom. The number of methoxy groups -OCH3 is 3. The van der Waals surface area contributed by atoms with Crippen molar-refractivity contribution >= 4 is 29.2 Å². The van der Waals surface area contributed by atoms with E-state index in [-0.39, 0.29) is 39.1 Å². The summed E-state index contributed by atoms with van der Waals surface area (Å²) >= 11 is 6.15. The number of allylic oxidation sites excluding steroid dienone is 1. The van der Waals surface area contributed by atoms with Crippen LogP contribution in [0.1, 0.15) is 11.5 Å². The van der Waals surface area contributed by atoms with Crippen LogP contribution in [0.15, 0.2) is 65.1 Å². The Balaban J connectivity index is 2.43. The maximum atomic E-state index is 14.7. The monoisotopic (exact) mass is 471 g/mol. The van der Waals surface area contributed by atoms with Gasteiger partial charge in [-0.1, -0.05) is 41.9 Å². The molecule has 1 atom stereocenters. The molecule has 0 bridgehead atoms. The lowest BCUT2D eigenvalue weighted by atomic mass is 9.81. The number of nitrogens with two attached hydrogens (primary N) is 1. The van der Waals surface area contributed by atoms with Crippen molar-refractivity contribution in [3.05, 3.63) is 81.5 Å². The number of hydrogen-bond donors (Lipinski definition) is 1. The van der Waals surface area contributed by atoms with Crippen LogP contribution in [-0.4, -0.2) is 33.3 Å². The zero-order chi connectivity index (χ0) is 24.3. The number of hydrogen-bond acceptors (Lipinski definition) is 8. The summed E-state index contributed by atoms with van der Waals surface area (Å²) in [6.45, 7) is 0. The molecular formula is C23H19ClFN3O5. The summed E-state index contributed by atoms with van der Waals surface area (Å²) in [5, 5.41) is 9.86. The van der Waals surface area contributed by atoms with Crippen molar-refractivity contribution in [2.75, 3.05) is 26.2 Å². The molecule has 0 aliphatic carbocycles. The fraction of sp³-hybridized carbons (Fsp3) is 0.174. The lowest BCUT2D eigenvalue weighted by molar-refractivity contribution is -0.139. The maximum absolute atomic E-state index is 14.7. The highest BCUT2D eigenvalue weighted by Crippen LogP contribution is 2.44. The van der Waals surface area contributed by atoms with Gasteiger partial charge in [0.25, 0.3) is 0 Å². The van der Waals surface area contributed by atoms with Crippen molar-refractivity contribution in [2.45, 2.75) is 5.92 Å². The molecule has 1 heterocycles. The van der Waals surface area contributed by atoms with Gasteiger partial charge in [0.1, 0.15) is 11.5 Å². The minimum Gasteiger partial charge on any atom is -0.492 e. The van der Waals surface area contributed by atoms with Crippen molar-refractivity contribution in [1.29, 1.82) is 5.26 Å². The smallest absolute Gasteiger partial charge is 0.355 e. The molecule has 0 amide bonds. The average molecular weight is 472 g/mol. The number of nitriles is 1. The molecule has 2 N–H and O–H groups in total. The number of esters is 2. The SMILES string of the molecule is COC(=O)C1=C(C(=O)OC)N(c2cc(F)c(OC)c(Cl)c2)C(N)=C(C#N)C1c1ccccc1. The minimum absolute atomic E-state index is 0.0307. The molecule has 0 aromatic heterocycles. The fourth-order valence-corrected chi connectivity index (χ4v) is 3.93. The van der Waals surface area contributed by atoms with E-state index in [4.69, 9.17) is 31.5 Å². The molecular weight excluding hydrogens is 453 g/mol. The lowest BCUT2D eigenvalue weighted by Gasteiger charge is -2.36. The Kier molecular flexibility index (Phi) is 6.89. The molecule has 2 aromatic rings. The number of carbonyl (C=O) groups is 2. The van der Waals surface area contributed by atoms with E-state index in [0.29, 0.717) is 5.56 Å². The molecule has 8 nitrogen and oxygen atoms in total. The van der Waals surface area contributed by atoms with Crippen molar-refractivity contribution in [2.24, 2.45) is 5.73 Å². The number of benzene rings is 2. The second-order valence-electron chi connectivity index (χ2n) is 6.78. The van der Waals surface area contributed by atoms with E-state index in [1.807, 2.05) is 6.07 Å². The molecule has 0 fully saturated rings. The van der Waals surface area contributed by atoms with Crippen LogP contribution in [0.25, 0.3) is 0 Å². The van der Waals surface area contributed by atoms with E-state index in [2.05, 4.69) is 0 Å². The Hall–Kier alpha value is -4.03. The van der Waals surface area contributed by atoms with Gasteiger partial charge in [0.05, 0.1) is 55.2 Å². The van der Waals surface area contributed by atoms with Gasteiger partial charge in [0.15, 0.2) is 11.6 Å². The number of anilines is 1. The predicted molar refractivity (Wildman–Crippen MR) is 118 cm³/mol. The highest BCUT2D eigenvalue weighted by molar-refractivity contribution is 6.32. The summed E-state index contributed by atoms with van der Waals surface area (Å²) in [6.07, 6.45) is 0. The van der Waals surface area contributed by atoms with Gasteiger partial charge in [-0.05, 0) is 11.6 Å². The Labute approximate surface area is 194 Å². The zero-order valence-corrected chi connectivity index (χ0v) is 18.6. The number of rotatable bonds is 5. The number of halogens is 2. The van der Waals surface area contributed by atoms with Gasteiger partial charge in [0, 0.05) is 6.07 Å². The van der Waals surface area contributed by atoms with Crippen LogP contribution in [0.3, 0.4) is 0 Å². The van der Waals surface area contributed by atoms with Gasteiger partial charge in [0.2, 0.25) is 0 Å². The molecule has 170 valence electrons. The highest BCUT2D eigenvalue weighted by atomic mass is 35.5. The molecule has 1 aliphatic heterocycles. The van der Waals surface area contributed by atoms with Crippen LogP contribution < -0.4 is 15.4 Å². The van der Waals surface area contributed by atoms with Crippen LogP contribution in [-0.2, 0) is 19.1 Å². The normalized spacial score (nSPS) is 15.8. The van der Waals surface area contributed by atoms with E-state index >= 15 is 0 Å². The van der Waals surface area contributed by atoms with Crippen LogP contribution in [0.4, 0.5) is 10.1 Å². The van der Waals surface area contributed by atoms with E-state index in [1.54, 1.807) is 30.3 Å². The quantitative estimate of drug-likeness (QED) is 0.660. The van der Waals surface area contributed by atoms with Crippen molar-refractivity contribution < 1.29 is 28.2 Å². The Morgan fingerprint density at radius 2 is 1.76 bits per heavy atom. The molecule has 1 aliphatic rings. The molecule has 10 heteroatoms. The first-order valence-electron chi connectivity index (χ1n) is 9.49. The topological polar surface area (TPSA) is 115 Å². The summed E-state index contributed by atoms with van der Waals surface area (Å²) in [6, 6.07) is 12.8. The third-order valence-corrected chi connectivity index (χ3v) is 5.34. The minimum atomic E-state index is -1.03. The first-order chi connectivity index (χ1) is 15.8. The summed E-state index contributed by atoms with van der Waals surface area (Å²) in [5.74, 6) is -4.16. The highest BCUT2D eigenvalue weighted by Gasteiger charge is 2.43. The van der Waals surface area contributed by atoms with Crippen molar-refractivity contribution in [3.8, 4) is 11.8 Å². The standard InChI is InChI=1S/C23H19ClFN3O5/c1-31-20-15(24)9-13(10-16(20)25)28-19(23(30)33-3)18(22(29)32-2)17(14(11-26)21(28)27)12-7-5-4-6-8-12/h4-10,17H,27H2,1-3H3. The van der Waals surface area contributed by atoms with Crippen LogP contribution in [0, 0.1) is 17.1 Å². The van der Waals surface area contributed by atoms with Crippen LogP contribution >= 0.6 is 11.6 Å². The summed E-state index contributed by atoms with van der Waals surface area (Å²) in [7, 11) is 3.49. The third kappa shape index (κ3) is 4.08. The van der Waals surface area contributed by atoms with Crippen LogP contribution in [0.2, 0.25) is 5.02 Å². The Morgan fingerprint density at radius 3 is 2.27 bits per heavy atom. The van der Waals surface area contributed by atoms with Gasteiger partial charge in [-0.15, -0.1) is 0 Å². The third-order valence-electron chi connectivity index (χ3n) is 5.06. The van der Waals surface area contributed by atoms with Crippen LogP contribution in [0.5, 0.6) is 5.75 Å². The average Bonchev–Trinajstić information content (AvgIpc) is 2.82.